The standard InChI is InChI=1S/C21H19NO2/c1-14(23)18-13-10-15-6-4-5-7-19(15)20(18)21(24)16-8-11-17(12-9-16)22(2)3/h4-13H,1-3H3. The minimum Gasteiger partial charge on any atom is -0.378 e. The third-order valence-corrected chi connectivity index (χ3v) is 4.18. The zero-order valence-electron chi connectivity index (χ0n) is 14.0. The third-order valence-electron chi connectivity index (χ3n) is 4.18. The molecule has 0 amide bonds. The van der Waals surface area contributed by atoms with Crippen molar-refractivity contribution in [1.29, 1.82) is 0 Å². The summed E-state index contributed by atoms with van der Waals surface area (Å²) >= 11 is 0. The van der Waals surface area contributed by atoms with Gasteiger partial charge in [-0.25, -0.2) is 0 Å². The number of carbonyl (C=O) groups is 2. The zero-order chi connectivity index (χ0) is 17.3. The van der Waals surface area contributed by atoms with Crippen LogP contribution >= 0.6 is 0 Å². The van der Waals surface area contributed by atoms with Crippen molar-refractivity contribution < 1.29 is 9.59 Å². The second-order valence-electron chi connectivity index (χ2n) is 6.04. The van der Waals surface area contributed by atoms with Crippen LogP contribution in [0.15, 0.2) is 60.7 Å². The fourth-order valence-corrected chi connectivity index (χ4v) is 2.86. The van der Waals surface area contributed by atoms with Crippen molar-refractivity contribution in [3.05, 3.63) is 77.4 Å². The van der Waals surface area contributed by atoms with Gasteiger partial charge in [0.1, 0.15) is 0 Å². The maximum atomic E-state index is 13.1. The fraction of sp³-hybridized carbons (Fsp3) is 0.143. The van der Waals surface area contributed by atoms with Crippen molar-refractivity contribution in [2.24, 2.45) is 0 Å². The molecule has 3 nitrogen and oxygen atoms in total. The molecule has 120 valence electrons. The van der Waals surface area contributed by atoms with Gasteiger partial charge in [-0.05, 0) is 42.0 Å². The van der Waals surface area contributed by atoms with Gasteiger partial charge in [0, 0.05) is 36.5 Å². The fourth-order valence-electron chi connectivity index (χ4n) is 2.86. The number of nitrogens with zero attached hydrogens (tertiary/aromatic N) is 1. The first kappa shape index (κ1) is 15.9. The average Bonchev–Trinajstić information content (AvgIpc) is 2.60. The molecule has 3 aromatic carbocycles. The van der Waals surface area contributed by atoms with Crippen LogP contribution in [0.2, 0.25) is 0 Å². The number of carbonyl (C=O) groups excluding carboxylic acids is 2. The minimum absolute atomic E-state index is 0.103. The van der Waals surface area contributed by atoms with Crippen molar-refractivity contribution in [3.8, 4) is 0 Å². The van der Waals surface area contributed by atoms with E-state index in [0.29, 0.717) is 16.7 Å². The van der Waals surface area contributed by atoms with Gasteiger partial charge in [-0.1, -0.05) is 36.4 Å². The molecule has 0 spiro atoms. The molecule has 0 aromatic heterocycles. The van der Waals surface area contributed by atoms with E-state index in [1.54, 1.807) is 6.07 Å². The van der Waals surface area contributed by atoms with Gasteiger partial charge in [0.05, 0.1) is 0 Å². The maximum absolute atomic E-state index is 13.1. The van der Waals surface area contributed by atoms with E-state index >= 15 is 0 Å². The molecule has 0 aliphatic carbocycles. The van der Waals surface area contributed by atoms with Gasteiger partial charge in [0.2, 0.25) is 0 Å². The highest BCUT2D eigenvalue weighted by atomic mass is 16.1. The highest BCUT2D eigenvalue weighted by molar-refractivity contribution is 6.22. The molecule has 3 aromatic rings. The van der Waals surface area contributed by atoms with Crippen LogP contribution in [0.25, 0.3) is 10.8 Å². The number of hydrogen-bond acceptors (Lipinski definition) is 3. The smallest absolute Gasteiger partial charge is 0.194 e. The summed E-state index contributed by atoms with van der Waals surface area (Å²) in [5.74, 6) is -0.226. The first-order valence-electron chi connectivity index (χ1n) is 7.84. The number of ketones is 2. The first-order valence-corrected chi connectivity index (χ1v) is 7.84. The summed E-state index contributed by atoms with van der Waals surface area (Å²) in [4.78, 5) is 27.1. The molecule has 0 radical (unpaired) electrons. The molecule has 0 unspecified atom stereocenters. The van der Waals surface area contributed by atoms with Crippen LogP contribution in [-0.2, 0) is 0 Å². The Balaban J connectivity index is 2.18. The molecule has 0 saturated heterocycles. The van der Waals surface area contributed by atoms with Gasteiger partial charge < -0.3 is 4.90 Å². The summed E-state index contributed by atoms with van der Waals surface area (Å²) in [6.07, 6.45) is 0. The normalized spacial score (nSPS) is 10.6. The number of benzene rings is 3. The SMILES string of the molecule is CC(=O)c1ccc2ccccc2c1C(=O)c1ccc(N(C)C)cc1. The highest BCUT2D eigenvalue weighted by Crippen LogP contribution is 2.26. The molecule has 0 bridgehead atoms. The first-order chi connectivity index (χ1) is 11.5. The predicted molar refractivity (Wildman–Crippen MR) is 98.2 cm³/mol. The highest BCUT2D eigenvalue weighted by Gasteiger charge is 2.19. The number of fused-ring (bicyclic) bond motifs is 1. The van der Waals surface area contributed by atoms with Crippen LogP contribution in [0.1, 0.15) is 33.2 Å². The van der Waals surface area contributed by atoms with Gasteiger partial charge in [0.25, 0.3) is 0 Å². The Morgan fingerprint density at radius 1 is 0.833 bits per heavy atom. The molecule has 0 heterocycles. The number of Topliss-reactive ketones (excluding diaryl/α,β-unsaturated/α-hetero) is 1. The van der Waals surface area contributed by atoms with Gasteiger partial charge in [0.15, 0.2) is 11.6 Å². The van der Waals surface area contributed by atoms with Crippen molar-refractivity contribution in [1.82, 2.24) is 0 Å². The minimum atomic E-state index is -0.123. The van der Waals surface area contributed by atoms with E-state index in [2.05, 4.69) is 0 Å². The van der Waals surface area contributed by atoms with Crippen LogP contribution in [0.3, 0.4) is 0 Å². The van der Waals surface area contributed by atoms with Crippen molar-refractivity contribution in [2.75, 3.05) is 19.0 Å². The molecule has 0 atom stereocenters. The van der Waals surface area contributed by atoms with E-state index in [9.17, 15) is 9.59 Å². The number of rotatable bonds is 4. The van der Waals surface area contributed by atoms with Crippen molar-refractivity contribution in [2.45, 2.75) is 6.92 Å². The molecule has 0 aliphatic rings. The summed E-state index contributed by atoms with van der Waals surface area (Å²) in [6, 6.07) is 18.7. The molecule has 0 aliphatic heterocycles. The van der Waals surface area contributed by atoms with Crippen LogP contribution in [-0.4, -0.2) is 25.7 Å². The molecular weight excluding hydrogens is 298 g/mol. The molecule has 24 heavy (non-hydrogen) atoms. The molecular formula is C21H19NO2. The lowest BCUT2D eigenvalue weighted by Crippen LogP contribution is -2.11. The molecule has 3 heteroatoms. The van der Waals surface area contributed by atoms with E-state index in [1.807, 2.05) is 73.6 Å². The topological polar surface area (TPSA) is 37.4 Å². The van der Waals surface area contributed by atoms with Crippen molar-refractivity contribution >= 4 is 28.0 Å². The Bertz CT molecular complexity index is 924. The second kappa shape index (κ2) is 6.28. The Labute approximate surface area is 141 Å². The second-order valence-corrected chi connectivity index (χ2v) is 6.04. The van der Waals surface area contributed by atoms with E-state index in [4.69, 9.17) is 0 Å². The van der Waals surface area contributed by atoms with Crippen LogP contribution < -0.4 is 4.90 Å². The summed E-state index contributed by atoms with van der Waals surface area (Å²) in [6.45, 7) is 1.50. The van der Waals surface area contributed by atoms with Gasteiger partial charge in [-0.3, -0.25) is 9.59 Å². The summed E-state index contributed by atoms with van der Waals surface area (Å²) < 4.78 is 0. The molecule has 0 fully saturated rings. The lowest BCUT2D eigenvalue weighted by atomic mass is 9.91. The monoisotopic (exact) mass is 317 g/mol. The number of anilines is 1. The van der Waals surface area contributed by atoms with E-state index in [0.717, 1.165) is 16.5 Å². The van der Waals surface area contributed by atoms with E-state index < -0.39 is 0 Å². The third kappa shape index (κ3) is 2.81. The average molecular weight is 317 g/mol. The summed E-state index contributed by atoms with van der Waals surface area (Å²) in [5, 5.41) is 1.77. The predicted octanol–water partition coefficient (Wildman–Crippen LogP) is 4.34. The molecule has 0 N–H and O–H groups in total. The molecule has 0 saturated carbocycles. The summed E-state index contributed by atoms with van der Waals surface area (Å²) in [5.41, 5.74) is 2.56. The maximum Gasteiger partial charge on any atom is 0.194 e. The Morgan fingerprint density at radius 2 is 1.50 bits per heavy atom. The van der Waals surface area contributed by atoms with Gasteiger partial charge in [-0.15, -0.1) is 0 Å². The van der Waals surface area contributed by atoms with Crippen molar-refractivity contribution in [3.63, 3.8) is 0 Å². The van der Waals surface area contributed by atoms with Gasteiger partial charge >= 0.3 is 0 Å². The lowest BCUT2D eigenvalue weighted by molar-refractivity contribution is 0.0991. The van der Waals surface area contributed by atoms with E-state index in [1.165, 1.54) is 6.92 Å². The van der Waals surface area contributed by atoms with Crippen LogP contribution in [0.4, 0.5) is 5.69 Å². The van der Waals surface area contributed by atoms with Crippen LogP contribution in [0, 0.1) is 0 Å². The Kier molecular flexibility index (Phi) is 4.17. The Hall–Kier alpha value is -2.94. The largest absolute Gasteiger partial charge is 0.378 e. The Morgan fingerprint density at radius 3 is 2.12 bits per heavy atom. The quantitative estimate of drug-likeness (QED) is 0.672. The van der Waals surface area contributed by atoms with E-state index in [-0.39, 0.29) is 11.6 Å². The zero-order valence-corrected chi connectivity index (χ0v) is 14.0. The molecule has 3 rings (SSSR count). The van der Waals surface area contributed by atoms with Gasteiger partial charge in [-0.2, -0.15) is 0 Å². The lowest BCUT2D eigenvalue weighted by Gasteiger charge is -2.14. The van der Waals surface area contributed by atoms with Crippen LogP contribution in [0.5, 0.6) is 0 Å². The summed E-state index contributed by atoms with van der Waals surface area (Å²) in [7, 11) is 3.91. The number of hydrogen-bond donors (Lipinski definition) is 0.